The van der Waals surface area contributed by atoms with Crippen LogP contribution in [-0.2, 0) is 4.74 Å². The van der Waals surface area contributed by atoms with E-state index in [1.807, 2.05) is 0 Å². The topological polar surface area (TPSA) is 12.5 Å². The summed E-state index contributed by atoms with van der Waals surface area (Å²) in [5.74, 6) is 0. The molecule has 0 spiro atoms. The summed E-state index contributed by atoms with van der Waals surface area (Å²) in [6.45, 7) is 6.57. The second-order valence-electron chi connectivity index (χ2n) is 4.25. The first-order valence-corrected chi connectivity index (χ1v) is 5.31. The first-order chi connectivity index (χ1) is 6.29. The summed E-state index contributed by atoms with van der Waals surface area (Å²) < 4.78 is 5.77. The van der Waals surface area contributed by atoms with E-state index in [9.17, 15) is 0 Å². The molecule has 2 heteroatoms. The number of hydrogen-bond donors (Lipinski definition) is 0. The van der Waals surface area contributed by atoms with Gasteiger partial charge in [0.2, 0.25) is 0 Å². The van der Waals surface area contributed by atoms with Crippen LogP contribution in [0.25, 0.3) is 0 Å². The van der Waals surface area contributed by atoms with E-state index in [1.165, 1.54) is 6.42 Å². The molecule has 0 N–H and O–H groups in total. The largest absolute Gasteiger partial charge is 0.375 e. The van der Waals surface area contributed by atoms with Gasteiger partial charge in [-0.2, -0.15) is 0 Å². The zero-order valence-electron chi connectivity index (χ0n) is 8.57. The molecular formula is C11H19NO. The molecule has 2 unspecified atom stereocenters. The van der Waals surface area contributed by atoms with Gasteiger partial charge in [0, 0.05) is 18.6 Å². The molecule has 1 aliphatic heterocycles. The summed E-state index contributed by atoms with van der Waals surface area (Å²) in [7, 11) is 0. The first kappa shape index (κ1) is 9.22. The fourth-order valence-electron chi connectivity index (χ4n) is 2.42. The molecule has 0 saturated carbocycles. The first-order valence-electron chi connectivity index (χ1n) is 5.31. The molecule has 2 nitrogen and oxygen atoms in total. The van der Waals surface area contributed by atoms with Crippen molar-refractivity contribution in [2.45, 2.75) is 44.9 Å². The smallest absolute Gasteiger partial charge is 0.0768 e. The monoisotopic (exact) mass is 181 g/mol. The summed E-state index contributed by atoms with van der Waals surface area (Å²) in [5, 5.41) is 0. The lowest BCUT2D eigenvalue weighted by molar-refractivity contribution is -0.0815. The van der Waals surface area contributed by atoms with E-state index in [1.54, 1.807) is 0 Å². The van der Waals surface area contributed by atoms with Gasteiger partial charge in [-0.15, -0.1) is 0 Å². The molecule has 0 bridgehead atoms. The van der Waals surface area contributed by atoms with Crippen molar-refractivity contribution in [3.8, 4) is 0 Å². The van der Waals surface area contributed by atoms with Crippen LogP contribution in [0.4, 0.5) is 0 Å². The third-order valence-electron chi connectivity index (χ3n) is 3.11. The fraction of sp³-hybridized carbons (Fsp3) is 0.818. The molecule has 1 heterocycles. The van der Waals surface area contributed by atoms with Gasteiger partial charge in [0.1, 0.15) is 0 Å². The number of ether oxygens (including phenoxy) is 1. The molecule has 2 aliphatic rings. The Balaban J connectivity index is 2.08. The Morgan fingerprint density at radius 2 is 2.08 bits per heavy atom. The molecule has 0 aromatic carbocycles. The third kappa shape index (κ3) is 1.79. The van der Waals surface area contributed by atoms with Crippen LogP contribution in [0.3, 0.4) is 0 Å². The fourth-order valence-corrected chi connectivity index (χ4v) is 2.42. The lowest BCUT2D eigenvalue weighted by atomic mass is 9.94. The van der Waals surface area contributed by atoms with Gasteiger partial charge in [-0.3, -0.25) is 4.90 Å². The molecule has 13 heavy (non-hydrogen) atoms. The van der Waals surface area contributed by atoms with Crippen molar-refractivity contribution in [2.24, 2.45) is 0 Å². The zero-order valence-corrected chi connectivity index (χ0v) is 8.57. The Hall–Kier alpha value is -0.340. The van der Waals surface area contributed by atoms with Crippen LogP contribution in [0.15, 0.2) is 12.2 Å². The Labute approximate surface area is 80.6 Å². The van der Waals surface area contributed by atoms with Crippen LogP contribution in [0.2, 0.25) is 0 Å². The summed E-state index contributed by atoms with van der Waals surface area (Å²) in [5.41, 5.74) is 0. The zero-order chi connectivity index (χ0) is 9.26. The van der Waals surface area contributed by atoms with Gasteiger partial charge in [0.15, 0.2) is 0 Å². The average Bonchev–Trinajstić information content (AvgIpc) is 2.17. The molecule has 2 rings (SSSR count). The highest BCUT2D eigenvalue weighted by atomic mass is 16.5. The minimum Gasteiger partial charge on any atom is -0.375 e. The van der Waals surface area contributed by atoms with E-state index in [4.69, 9.17) is 4.74 Å². The Kier molecular flexibility index (Phi) is 2.70. The average molecular weight is 181 g/mol. The van der Waals surface area contributed by atoms with Crippen LogP contribution < -0.4 is 0 Å². The van der Waals surface area contributed by atoms with Crippen molar-refractivity contribution < 1.29 is 4.74 Å². The second-order valence-corrected chi connectivity index (χ2v) is 4.25. The molecule has 74 valence electrons. The lowest BCUT2D eigenvalue weighted by Gasteiger charge is -2.44. The van der Waals surface area contributed by atoms with Crippen molar-refractivity contribution in [3.63, 3.8) is 0 Å². The number of hydrogen-bond acceptors (Lipinski definition) is 2. The molecule has 0 aromatic heterocycles. The van der Waals surface area contributed by atoms with E-state index in [-0.39, 0.29) is 0 Å². The van der Waals surface area contributed by atoms with Crippen LogP contribution >= 0.6 is 0 Å². The van der Waals surface area contributed by atoms with Crippen molar-refractivity contribution in [1.29, 1.82) is 0 Å². The number of nitrogens with zero attached hydrogens (tertiary/aromatic N) is 1. The Morgan fingerprint density at radius 3 is 2.85 bits per heavy atom. The normalized spacial score (nSPS) is 35.0. The van der Waals surface area contributed by atoms with Crippen LogP contribution in [0, 0.1) is 0 Å². The molecule has 0 radical (unpaired) electrons. The maximum atomic E-state index is 5.77. The van der Waals surface area contributed by atoms with Gasteiger partial charge in [0.25, 0.3) is 0 Å². The molecule has 0 aromatic rings. The van der Waals surface area contributed by atoms with Crippen molar-refractivity contribution >= 4 is 0 Å². The summed E-state index contributed by atoms with van der Waals surface area (Å²) in [6.07, 6.45) is 7.29. The van der Waals surface area contributed by atoms with Gasteiger partial charge >= 0.3 is 0 Å². The van der Waals surface area contributed by atoms with Gasteiger partial charge in [0.05, 0.1) is 12.7 Å². The standard InChI is InChI=1S/C11H19NO/c1-9(2)12-7-8-13-11-6-4-3-5-10(11)12/h3-4,9-11H,5-8H2,1-2H3. The molecule has 1 saturated heterocycles. The highest BCUT2D eigenvalue weighted by molar-refractivity contribution is 5.01. The number of fused-ring (bicyclic) bond motifs is 1. The predicted octanol–water partition coefficient (Wildman–Crippen LogP) is 1.81. The third-order valence-corrected chi connectivity index (χ3v) is 3.11. The van der Waals surface area contributed by atoms with Crippen molar-refractivity contribution in [3.05, 3.63) is 12.2 Å². The van der Waals surface area contributed by atoms with Crippen LogP contribution in [0.1, 0.15) is 26.7 Å². The quantitative estimate of drug-likeness (QED) is 0.572. The maximum Gasteiger partial charge on any atom is 0.0768 e. The molecular weight excluding hydrogens is 162 g/mol. The molecule has 1 aliphatic carbocycles. The Morgan fingerprint density at radius 1 is 1.31 bits per heavy atom. The predicted molar refractivity (Wildman–Crippen MR) is 53.7 cm³/mol. The van der Waals surface area contributed by atoms with E-state index < -0.39 is 0 Å². The van der Waals surface area contributed by atoms with Gasteiger partial charge < -0.3 is 4.74 Å². The highest BCUT2D eigenvalue weighted by Crippen LogP contribution is 2.25. The van der Waals surface area contributed by atoms with Gasteiger partial charge in [-0.1, -0.05) is 12.2 Å². The van der Waals surface area contributed by atoms with E-state index in [2.05, 4.69) is 30.9 Å². The molecule has 1 fully saturated rings. The molecule has 2 atom stereocenters. The van der Waals surface area contributed by atoms with Gasteiger partial charge in [-0.05, 0) is 26.7 Å². The summed E-state index contributed by atoms with van der Waals surface area (Å²) in [4.78, 5) is 2.58. The minimum atomic E-state index is 0.459. The van der Waals surface area contributed by atoms with Crippen LogP contribution in [-0.4, -0.2) is 36.2 Å². The van der Waals surface area contributed by atoms with E-state index in [0.717, 1.165) is 19.6 Å². The Bertz CT molecular complexity index is 200. The van der Waals surface area contributed by atoms with E-state index in [0.29, 0.717) is 18.2 Å². The van der Waals surface area contributed by atoms with Crippen molar-refractivity contribution in [1.82, 2.24) is 4.90 Å². The number of rotatable bonds is 1. The van der Waals surface area contributed by atoms with Crippen LogP contribution in [0.5, 0.6) is 0 Å². The number of morpholine rings is 1. The minimum absolute atomic E-state index is 0.459. The maximum absolute atomic E-state index is 5.77. The summed E-state index contributed by atoms with van der Waals surface area (Å²) >= 11 is 0. The van der Waals surface area contributed by atoms with Gasteiger partial charge in [-0.25, -0.2) is 0 Å². The SMILES string of the molecule is CC(C)N1CCOC2CC=CCC21. The summed E-state index contributed by atoms with van der Waals surface area (Å²) in [6, 6.07) is 1.29. The van der Waals surface area contributed by atoms with Crippen molar-refractivity contribution in [2.75, 3.05) is 13.2 Å². The second kappa shape index (κ2) is 3.81. The van der Waals surface area contributed by atoms with E-state index >= 15 is 0 Å². The molecule has 0 amide bonds. The lowest BCUT2D eigenvalue weighted by Crippen LogP contribution is -2.54. The highest BCUT2D eigenvalue weighted by Gasteiger charge is 2.33.